The number of carbonyl (C=O) groups is 1. The molecule has 1 aromatic carbocycles. The summed E-state index contributed by atoms with van der Waals surface area (Å²) < 4.78 is 26.2. The lowest BCUT2D eigenvalue weighted by molar-refractivity contribution is 0.0672. The smallest absolute Gasteiger partial charge is 0.319 e. The van der Waals surface area contributed by atoms with E-state index in [-0.39, 0.29) is 24.3 Å². The van der Waals surface area contributed by atoms with E-state index in [1.807, 2.05) is 0 Å². The third-order valence-corrected chi connectivity index (χ3v) is 3.85. The third kappa shape index (κ3) is 3.79. The van der Waals surface area contributed by atoms with Crippen LogP contribution in [0.5, 0.6) is 0 Å². The minimum absolute atomic E-state index is 0.126. The number of imidazole rings is 1. The molecule has 0 saturated heterocycles. The van der Waals surface area contributed by atoms with Crippen LogP contribution in [-0.2, 0) is 6.54 Å². The van der Waals surface area contributed by atoms with Gasteiger partial charge in [0.1, 0.15) is 5.82 Å². The van der Waals surface area contributed by atoms with E-state index in [0.29, 0.717) is 16.3 Å². The number of hydrogen-bond donors (Lipinski definition) is 2. The van der Waals surface area contributed by atoms with Gasteiger partial charge in [0.25, 0.3) is 5.91 Å². The Morgan fingerprint density at radius 2 is 2.22 bits per heavy atom. The summed E-state index contributed by atoms with van der Waals surface area (Å²) in [5.41, 5.74) is 1.03. The number of hydrogen-bond acceptors (Lipinski definition) is 3. The first kappa shape index (κ1) is 15.7. The molecule has 8 heteroatoms. The highest BCUT2D eigenvalue weighted by Gasteiger charge is 2.24. The van der Waals surface area contributed by atoms with Gasteiger partial charge in [0.2, 0.25) is 0 Å². The molecule has 1 amide bonds. The van der Waals surface area contributed by atoms with E-state index in [9.17, 15) is 13.6 Å². The second-order valence-corrected chi connectivity index (χ2v) is 5.73. The lowest BCUT2D eigenvalue weighted by atomic mass is 10.2. The molecule has 0 spiro atoms. The topological polar surface area (TPSA) is 59.0 Å². The van der Waals surface area contributed by atoms with Crippen LogP contribution in [0.25, 0.3) is 0 Å². The fraction of sp³-hybridized carbons (Fsp3) is 0.333. The average Bonchev–Trinajstić information content (AvgIpc) is 3.18. The largest absolute Gasteiger partial charge is 0.378 e. The van der Waals surface area contributed by atoms with Gasteiger partial charge >= 0.3 is 6.55 Å². The lowest BCUT2D eigenvalue weighted by Crippen LogP contribution is -2.25. The number of nitrogens with one attached hydrogen (secondary N) is 2. The van der Waals surface area contributed by atoms with Crippen LogP contribution in [0.4, 0.5) is 14.5 Å². The zero-order valence-electron chi connectivity index (χ0n) is 12.1. The maximum absolute atomic E-state index is 12.7. The normalized spacial score (nSPS) is 14.1. The van der Waals surface area contributed by atoms with Crippen LogP contribution in [-0.4, -0.2) is 21.5 Å². The van der Waals surface area contributed by atoms with E-state index in [1.165, 1.54) is 12.4 Å². The number of carbonyl (C=O) groups excluding carboxylic acids is 1. The van der Waals surface area contributed by atoms with Crippen molar-refractivity contribution in [3.63, 3.8) is 0 Å². The summed E-state index contributed by atoms with van der Waals surface area (Å²) in [4.78, 5) is 15.9. The van der Waals surface area contributed by atoms with Crippen LogP contribution in [0.1, 0.15) is 35.6 Å². The van der Waals surface area contributed by atoms with Gasteiger partial charge in [-0.05, 0) is 31.0 Å². The summed E-state index contributed by atoms with van der Waals surface area (Å²) in [7, 11) is 0. The van der Waals surface area contributed by atoms with Gasteiger partial charge in [-0.2, -0.15) is 8.78 Å². The van der Waals surface area contributed by atoms with Crippen LogP contribution < -0.4 is 10.6 Å². The standard InChI is InChI=1S/C15H15ClF2N4O/c16-12-7-10(3-4-11(12)14(23)21-9-1-2-9)20-8-13-19-5-6-22(13)15(17)18/h3-7,9,15,20H,1-2,8H2,(H,21,23). The van der Waals surface area contributed by atoms with Crippen LogP contribution >= 0.6 is 11.6 Å². The lowest BCUT2D eigenvalue weighted by Gasteiger charge is -2.11. The van der Waals surface area contributed by atoms with Crippen LogP contribution in [0, 0.1) is 0 Å². The fourth-order valence-corrected chi connectivity index (χ4v) is 2.41. The van der Waals surface area contributed by atoms with Crippen molar-refractivity contribution in [1.82, 2.24) is 14.9 Å². The third-order valence-electron chi connectivity index (χ3n) is 3.54. The number of halogens is 3. The molecule has 1 fully saturated rings. The first-order valence-corrected chi connectivity index (χ1v) is 7.56. The summed E-state index contributed by atoms with van der Waals surface area (Å²) in [6.45, 7) is -2.51. The number of benzene rings is 1. The maximum atomic E-state index is 12.7. The van der Waals surface area contributed by atoms with Crippen molar-refractivity contribution in [2.45, 2.75) is 32.0 Å². The van der Waals surface area contributed by atoms with E-state index < -0.39 is 6.55 Å². The summed E-state index contributed by atoms with van der Waals surface area (Å²) >= 11 is 6.13. The summed E-state index contributed by atoms with van der Waals surface area (Å²) in [6, 6.07) is 5.15. The molecular weight excluding hydrogens is 326 g/mol. The van der Waals surface area contributed by atoms with Gasteiger partial charge in [-0.1, -0.05) is 11.6 Å². The van der Waals surface area contributed by atoms with Crippen molar-refractivity contribution in [3.05, 3.63) is 47.0 Å². The Hall–Kier alpha value is -2.15. The van der Waals surface area contributed by atoms with Crippen molar-refractivity contribution in [2.24, 2.45) is 0 Å². The van der Waals surface area contributed by atoms with E-state index in [2.05, 4.69) is 15.6 Å². The molecular formula is C15H15ClF2N4O. The van der Waals surface area contributed by atoms with Gasteiger partial charge in [-0.25, -0.2) is 4.98 Å². The molecule has 0 unspecified atom stereocenters. The maximum Gasteiger partial charge on any atom is 0.319 e. The first-order chi connectivity index (χ1) is 11.0. The molecule has 1 aromatic heterocycles. The van der Waals surface area contributed by atoms with Gasteiger partial charge in [0, 0.05) is 24.1 Å². The second-order valence-electron chi connectivity index (χ2n) is 5.32. The first-order valence-electron chi connectivity index (χ1n) is 7.18. The summed E-state index contributed by atoms with van der Waals surface area (Å²) in [6.07, 6.45) is 4.54. The van der Waals surface area contributed by atoms with Crippen molar-refractivity contribution in [2.75, 3.05) is 5.32 Å². The minimum atomic E-state index is -2.63. The van der Waals surface area contributed by atoms with E-state index in [1.54, 1.807) is 18.2 Å². The quantitative estimate of drug-likeness (QED) is 0.847. The second kappa shape index (κ2) is 6.54. The Balaban J connectivity index is 1.65. The number of alkyl halides is 2. The van der Waals surface area contributed by atoms with Gasteiger partial charge in [-0.15, -0.1) is 0 Å². The molecule has 122 valence electrons. The molecule has 2 N–H and O–H groups in total. The van der Waals surface area contributed by atoms with Crippen molar-refractivity contribution < 1.29 is 13.6 Å². The fourth-order valence-electron chi connectivity index (χ4n) is 2.14. The van der Waals surface area contributed by atoms with Crippen LogP contribution in [0.15, 0.2) is 30.6 Å². The molecule has 0 aliphatic heterocycles. The van der Waals surface area contributed by atoms with E-state index >= 15 is 0 Å². The average molecular weight is 341 g/mol. The Morgan fingerprint density at radius 1 is 1.43 bits per heavy atom. The Kier molecular flexibility index (Phi) is 4.47. The highest BCUT2D eigenvalue weighted by atomic mass is 35.5. The van der Waals surface area contributed by atoms with Gasteiger partial charge in [0.15, 0.2) is 0 Å². The van der Waals surface area contributed by atoms with Crippen molar-refractivity contribution in [3.8, 4) is 0 Å². The minimum Gasteiger partial charge on any atom is -0.378 e. The number of anilines is 1. The monoisotopic (exact) mass is 340 g/mol. The molecule has 1 aliphatic rings. The van der Waals surface area contributed by atoms with E-state index in [0.717, 1.165) is 17.4 Å². The van der Waals surface area contributed by atoms with Crippen LogP contribution in [0.3, 0.4) is 0 Å². The summed E-state index contributed by atoms with van der Waals surface area (Å²) in [5.74, 6) is 0.0176. The molecule has 23 heavy (non-hydrogen) atoms. The zero-order valence-corrected chi connectivity index (χ0v) is 12.9. The Bertz CT molecular complexity index is 715. The number of nitrogens with zero attached hydrogens (tertiary/aromatic N) is 2. The predicted molar refractivity (Wildman–Crippen MR) is 82.7 cm³/mol. The molecule has 1 aliphatic carbocycles. The molecule has 5 nitrogen and oxygen atoms in total. The molecule has 0 atom stereocenters. The molecule has 3 rings (SSSR count). The van der Waals surface area contributed by atoms with Crippen molar-refractivity contribution in [1.29, 1.82) is 0 Å². The number of rotatable bonds is 6. The summed E-state index contributed by atoms with van der Waals surface area (Å²) in [5, 5.41) is 6.14. The molecule has 1 heterocycles. The molecule has 1 saturated carbocycles. The van der Waals surface area contributed by atoms with Gasteiger partial charge in [0.05, 0.1) is 17.1 Å². The number of aromatic nitrogens is 2. The molecule has 2 aromatic rings. The predicted octanol–water partition coefficient (Wildman–Crippen LogP) is 3.44. The SMILES string of the molecule is O=C(NC1CC1)c1ccc(NCc2nccn2C(F)F)cc1Cl. The Labute approximate surface area is 136 Å². The van der Waals surface area contributed by atoms with Gasteiger partial charge in [-0.3, -0.25) is 9.36 Å². The van der Waals surface area contributed by atoms with Crippen molar-refractivity contribution >= 4 is 23.2 Å². The highest BCUT2D eigenvalue weighted by molar-refractivity contribution is 6.34. The van der Waals surface area contributed by atoms with Crippen LogP contribution in [0.2, 0.25) is 5.02 Å². The Morgan fingerprint density at radius 3 is 2.87 bits per heavy atom. The van der Waals surface area contributed by atoms with Gasteiger partial charge < -0.3 is 10.6 Å². The molecule has 0 bridgehead atoms. The zero-order chi connectivity index (χ0) is 16.4. The van der Waals surface area contributed by atoms with E-state index in [4.69, 9.17) is 11.6 Å². The highest BCUT2D eigenvalue weighted by Crippen LogP contribution is 2.24. The number of amides is 1. The molecule has 0 radical (unpaired) electrons.